The molecule has 1 saturated carbocycles. The topological polar surface area (TPSA) is 46.2 Å². The Labute approximate surface area is 101 Å². The number of hydrogen-bond donors (Lipinski definition) is 1. The first-order valence-electron chi connectivity index (χ1n) is 6.08. The minimum atomic E-state index is -0.0973. The predicted octanol–water partition coefficient (Wildman–Crippen LogP) is 3.02. The zero-order valence-electron chi connectivity index (χ0n) is 10.0. The van der Waals surface area contributed by atoms with Crippen LogP contribution in [0, 0.1) is 5.92 Å². The Hall–Kier alpha value is -1.64. The lowest BCUT2D eigenvalue weighted by atomic mass is 9.96. The van der Waals surface area contributed by atoms with Crippen LogP contribution in [0.25, 0.3) is 0 Å². The number of carbonyl (C=O) groups is 2. The van der Waals surface area contributed by atoms with E-state index in [1.807, 2.05) is 0 Å². The molecule has 1 amide bonds. The fraction of sp³-hybridized carbons (Fsp3) is 0.429. The highest BCUT2D eigenvalue weighted by Gasteiger charge is 2.23. The molecule has 1 aromatic rings. The van der Waals surface area contributed by atoms with Crippen LogP contribution in [-0.4, -0.2) is 11.7 Å². The second-order valence-electron chi connectivity index (χ2n) is 4.60. The van der Waals surface area contributed by atoms with Crippen LogP contribution < -0.4 is 5.32 Å². The van der Waals surface area contributed by atoms with Crippen molar-refractivity contribution in [3.8, 4) is 0 Å². The number of anilines is 1. The third-order valence-electron chi connectivity index (χ3n) is 3.22. The number of nitrogens with one attached hydrogen (secondary N) is 1. The summed E-state index contributed by atoms with van der Waals surface area (Å²) in [5.74, 6) is 0.360. The fourth-order valence-electron chi connectivity index (χ4n) is 2.34. The summed E-state index contributed by atoms with van der Waals surface area (Å²) < 4.78 is 0. The molecule has 1 aliphatic carbocycles. The molecule has 1 aliphatic rings. The van der Waals surface area contributed by atoms with Gasteiger partial charge < -0.3 is 5.32 Å². The summed E-state index contributed by atoms with van der Waals surface area (Å²) in [7, 11) is 0. The summed E-state index contributed by atoms with van der Waals surface area (Å²) in [5.41, 5.74) is 1.49. The largest absolute Gasteiger partial charge is 0.326 e. The van der Waals surface area contributed by atoms with Crippen LogP contribution in [0.2, 0.25) is 0 Å². The Kier molecular flexibility index (Phi) is 3.57. The number of benzene rings is 1. The molecular formula is C14H17NO2. The van der Waals surface area contributed by atoms with Crippen molar-refractivity contribution < 1.29 is 9.59 Å². The van der Waals surface area contributed by atoms with Gasteiger partial charge in [0.25, 0.3) is 0 Å². The Bertz CT molecular complexity index is 416. The van der Waals surface area contributed by atoms with E-state index >= 15 is 0 Å². The van der Waals surface area contributed by atoms with E-state index in [1.54, 1.807) is 24.3 Å². The average molecular weight is 231 g/mol. The molecule has 0 aromatic heterocycles. The van der Waals surface area contributed by atoms with E-state index in [4.69, 9.17) is 0 Å². The molecule has 0 atom stereocenters. The van der Waals surface area contributed by atoms with Gasteiger partial charge in [0.15, 0.2) is 5.78 Å². The molecular weight excluding hydrogens is 214 g/mol. The van der Waals surface area contributed by atoms with E-state index in [-0.39, 0.29) is 17.6 Å². The molecule has 0 saturated heterocycles. The number of hydrogen-bond acceptors (Lipinski definition) is 2. The van der Waals surface area contributed by atoms with Crippen molar-refractivity contribution in [2.24, 2.45) is 5.92 Å². The summed E-state index contributed by atoms with van der Waals surface area (Å²) in [4.78, 5) is 23.0. The van der Waals surface area contributed by atoms with Gasteiger partial charge in [-0.2, -0.15) is 0 Å². The highest BCUT2D eigenvalue weighted by molar-refractivity contribution is 5.98. The van der Waals surface area contributed by atoms with Gasteiger partial charge in [0.1, 0.15) is 0 Å². The van der Waals surface area contributed by atoms with Gasteiger partial charge >= 0.3 is 0 Å². The molecule has 0 bridgehead atoms. The minimum absolute atomic E-state index is 0.0973. The van der Waals surface area contributed by atoms with E-state index in [0.29, 0.717) is 0 Å². The molecule has 1 N–H and O–H groups in total. The first-order valence-corrected chi connectivity index (χ1v) is 6.08. The summed E-state index contributed by atoms with van der Waals surface area (Å²) >= 11 is 0. The molecule has 0 spiro atoms. The summed E-state index contributed by atoms with van der Waals surface area (Å²) in [6.45, 7) is 1.47. The molecule has 0 radical (unpaired) electrons. The molecule has 1 fully saturated rings. The van der Waals surface area contributed by atoms with Crippen molar-refractivity contribution in [1.82, 2.24) is 0 Å². The van der Waals surface area contributed by atoms with Gasteiger partial charge in [-0.25, -0.2) is 0 Å². The maximum Gasteiger partial charge on any atom is 0.221 e. The fourth-order valence-corrected chi connectivity index (χ4v) is 2.34. The van der Waals surface area contributed by atoms with Crippen molar-refractivity contribution >= 4 is 17.4 Å². The lowest BCUT2D eigenvalue weighted by molar-refractivity contribution is -0.114. The average Bonchev–Trinajstić information content (AvgIpc) is 2.82. The van der Waals surface area contributed by atoms with Gasteiger partial charge in [-0.05, 0) is 37.1 Å². The molecule has 2 rings (SSSR count). The number of Topliss-reactive ketones (excluding diaryl/α,β-unsaturated/α-hetero) is 1. The number of amides is 1. The molecule has 0 heterocycles. The number of ketones is 1. The Morgan fingerprint density at radius 1 is 1.12 bits per heavy atom. The summed E-state index contributed by atoms with van der Waals surface area (Å²) in [6, 6.07) is 7.16. The highest BCUT2D eigenvalue weighted by atomic mass is 16.1. The van der Waals surface area contributed by atoms with Crippen LogP contribution in [0.4, 0.5) is 5.69 Å². The predicted molar refractivity (Wildman–Crippen MR) is 67.0 cm³/mol. The molecule has 17 heavy (non-hydrogen) atoms. The standard InChI is InChI=1S/C14H17NO2/c1-10(16)15-13-8-6-12(7-9-13)14(17)11-4-2-3-5-11/h6-9,11H,2-5H2,1H3,(H,15,16). The van der Waals surface area contributed by atoms with Crippen LogP contribution in [0.3, 0.4) is 0 Å². The maximum absolute atomic E-state index is 12.1. The van der Waals surface area contributed by atoms with Crippen molar-refractivity contribution in [3.63, 3.8) is 0 Å². The first kappa shape index (κ1) is 11.8. The van der Waals surface area contributed by atoms with E-state index in [2.05, 4.69) is 5.32 Å². The monoisotopic (exact) mass is 231 g/mol. The van der Waals surface area contributed by atoms with Gasteiger partial charge in [0, 0.05) is 24.1 Å². The third-order valence-corrected chi connectivity index (χ3v) is 3.22. The Morgan fingerprint density at radius 3 is 2.24 bits per heavy atom. The van der Waals surface area contributed by atoms with E-state index < -0.39 is 0 Å². The quantitative estimate of drug-likeness (QED) is 0.813. The van der Waals surface area contributed by atoms with Crippen molar-refractivity contribution in [2.75, 3.05) is 5.32 Å². The lowest BCUT2D eigenvalue weighted by Gasteiger charge is -2.08. The van der Waals surface area contributed by atoms with Crippen LogP contribution in [0.5, 0.6) is 0 Å². The van der Waals surface area contributed by atoms with Crippen LogP contribution in [-0.2, 0) is 4.79 Å². The van der Waals surface area contributed by atoms with Crippen molar-refractivity contribution in [3.05, 3.63) is 29.8 Å². The van der Waals surface area contributed by atoms with E-state index in [0.717, 1.165) is 24.1 Å². The van der Waals surface area contributed by atoms with Gasteiger partial charge in [0.2, 0.25) is 5.91 Å². The van der Waals surface area contributed by atoms with Crippen LogP contribution in [0.15, 0.2) is 24.3 Å². The molecule has 3 nitrogen and oxygen atoms in total. The smallest absolute Gasteiger partial charge is 0.221 e. The first-order chi connectivity index (χ1) is 8.16. The molecule has 1 aromatic carbocycles. The molecule has 0 unspecified atom stereocenters. The second kappa shape index (κ2) is 5.13. The highest BCUT2D eigenvalue weighted by Crippen LogP contribution is 2.28. The second-order valence-corrected chi connectivity index (χ2v) is 4.60. The van der Waals surface area contributed by atoms with Crippen molar-refractivity contribution in [1.29, 1.82) is 0 Å². The van der Waals surface area contributed by atoms with E-state index in [1.165, 1.54) is 19.8 Å². The minimum Gasteiger partial charge on any atom is -0.326 e. The number of carbonyl (C=O) groups excluding carboxylic acids is 2. The third kappa shape index (κ3) is 2.93. The van der Waals surface area contributed by atoms with Gasteiger partial charge in [0.05, 0.1) is 0 Å². The normalized spacial score (nSPS) is 15.8. The number of rotatable bonds is 3. The van der Waals surface area contributed by atoms with Crippen LogP contribution >= 0.6 is 0 Å². The van der Waals surface area contributed by atoms with Crippen molar-refractivity contribution in [2.45, 2.75) is 32.6 Å². The summed E-state index contributed by atoms with van der Waals surface area (Å²) in [5, 5.41) is 2.69. The maximum atomic E-state index is 12.1. The summed E-state index contributed by atoms with van der Waals surface area (Å²) in [6.07, 6.45) is 4.37. The van der Waals surface area contributed by atoms with Gasteiger partial charge in [-0.1, -0.05) is 12.8 Å². The van der Waals surface area contributed by atoms with Crippen LogP contribution in [0.1, 0.15) is 43.0 Å². The van der Waals surface area contributed by atoms with E-state index in [9.17, 15) is 9.59 Å². The van der Waals surface area contributed by atoms with Gasteiger partial charge in [-0.3, -0.25) is 9.59 Å². The zero-order valence-corrected chi connectivity index (χ0v) is 10.0. The van der Waals surface area contributed by atoms with Gasteiger partial charge in [-0.15, -0.1) is 0 Å². The SMILES string of the molecule is CC(=O)Nc1ccc(C(=O)C2CCCC2)cc1. The Morgan fingerprint density at radius 2 is 1.71 bits per heavy atom. The zero-order chi connectivity index (χ0) is 12.3. The Balaban J connectivity index is 2.06. The molecule has 3 heteroatoms. The molecule has 0 aliphatic heterocycles. The molecule has 90 valence electrons. The lowest BCUT2D eigenvalue weighted by Crippen LogP contribution is -2.11.